The van der Waals surface area contributed by atoms with Crippen LogP contribution in [0.15, 0.2) is 40.9 Å². The smallest absolute Gasteiger partial charge is 0.323 e. The van der Waals surface area contributed by atoms with Crippen molar-refractivity contribution in [3.05, 3.63) is 41.6 Å². The van der Waals surface area contributed by atoms with Gasteiger partial charge in [-0.1, -0.05) is 61.8 Å². The van der Waals surface area contributed by atoms with Gasteiger partial charge in [0.1, 0.15) is 6.04 Å². The Kier molecular flexibility index (Phi) is 10.5. The first-order valence-corrected chi connectivity index (χ1v) is 15.0. The minimum atomic E-state index is -3.80. The van der Waals surface area contributed by atoms with Gasteiger partial charge in [0.25, 0.3) is 0 Å². The average Bonchev–Trinajstić information content (AvgIpc) is 2.74. The molecule has 1 rings (SSSR count). The molecule has 0 unspecified atom stereocenters. The normalized spacial score (nSPS) is 13.3. The van der Waals surface area contributed by atoms with Crippen molar-refractivity contribution in [1.29, 1.82) is 0 Å². The van der Waals surface area contributed by atoms with Gasteiger partial charge in [-0.3, -0.25) is 4.79 Å². The molecule has 1 aromatic rings. The fraction of sp³-hybridized carbons (Fsp3) is 0.609. The Morgan fingerprint density at radius 1 is 1.10 bits per heavy atom. The fourth-order valence-corrected chi connectivity index (χ4v) is 9.36. The standard InChI is InChI=1S/C23H39NO4SSi/c1-8-30(9-2,10-3)20(5)13-11-12-18-24(21(6)23(25)28-7)29(26,27)22-16-14-19(4)15-17-22/h14-17,21H,5,8-13,18H2,1-4,6-7H3/t21-/m1/s1. The van der Waals surface area contributed by atoms with Crippen molar-refractivity contribution in [2.75, 3.05) is 13.7 Å². The van der Waals surface area contributed by atoms with E-state index < -0.39 is 30.1 Å². The van der Waals surface area contributed by atoms with Gasteiger partial charge in [0.05, 0.1) is 20.1 Å². The highest BCUT2D eigenvalue weighted by atomic mass is 32.2. The number of rotatable bonds is 13. The first-order valence-electron chi connectivity index (χ1n) is 10.9. The number of ether oxygens (including phenoxy) is 1. The fourth-order valence-electron chi connectivity index (χ4n) is 4.03. The lowest BCUT2D eigenvalue weighted by molar-refractivity contribution is -0.144. The van der Waals surface area contributed by atoms with Gasteiger partial charge in [0, 0.05) is 6.54 Å². The molecule has 0 spiro atoms. The quantitative estimate of drug-likeness (QED) is 0.230. The second kappa shape index (κ2) is 11.8. The molecule has 0 aliphatic rings. The highest BCUT2D eigenvalue weighted by Crippen LogP contribution is 2.30. The van der Waals surface area contributed by atoms with Gasteiger partial charge in [-0.25, -0.2) is 8.42 Å². The Hall–Kier alpha value is -1.44. The number of esters is 1. The molecule has 0 saturated carbocycles. The van der Waals surface area contributed by atoms with Gasteiger partial charge in [0.2, 0.25) is 10.0 Å². The van der Waals surface area contributed by atoms with Gasteiger partial charge in [-0.2, -0.15) is 4.31 Å². The Balaban J connectivity index is 2.94. The molecule has 0 heterocycles. The number of allylic oxidation sites excluding steroid dienone is 1. The van der Waals surface area contributed by atoms with Gasteiger partial charge in [-0.05, 0) is 45.2 Å². The van der Waals surface area contributed by atoms with E-state index in [9.17, 15) is 13.2 Å². The molecule has 0 N–H and O–H groups in total. The van der Waals surface area contributed by atoms with Crippen molar-refractivity contribution < 1.29 is 17.9 Å². The molecule has 1 aromatic carbocycles. The zero-order valence-corrected chi connectivity index (χ0v) is 21.3. The number of carbonyl (C=O) groups is 1. The van der Waals surface area contributed by atoms with Crippen molar-refractivity contribution in [2.45, 2.75) is 83.0 Å². The molecule has 0 bridgehead atoms. The van der Waals surface area contributed by atoms with E-state index in [2.05, 4.69) is 27.4 Å². The number of methoxy groups -OCH3 is 1. The summed E-state index contributed by atoms with van der Waals surface area (Å²) in [5.41, 5.74) is 0.982. The molecule has 30 heavy (non-hydrogen) atoms. The van der Waals surface area contributed by atoms with E-state index in [1.165, 1.54) is 34.7 Å². The summed E-state index contributed by atoms with van der Waals surface area (Å²) in [6.07, 6.45) is 2.46. The Bertz CT molecular complexity index is 793. The van der Waals surface area contributed by atoms with Crippen molar-refractivity contribution in [2.24, 2.45) is 0 Å². The first-order chi connectivity index (χ1) is 14.1. The summed E-state index contributed by atoms with van der Waals surface area (Å²) in [6.45, 7) is 14.9. The molecule has 5 nitrogen and oxygen atoms in total. The average molecular weight is 454 g/mol. The molecule has 0 aliphatic carbocycles. The SMILES string of the molecule is C=C(CCCCN([C@H](C)C(=O)OC)S(=O)(=O)c1ccc(C)cc1)[Si](CC)(CC)CC. The number of benzene rings is 1. The van der Waals surface area contributed by atoms with Crippen LogP contribution in [0.25, 0.3) is 0 Å². The lowest BCUT2D eigenvalue weighted by Crippen LogP contribution is -2.44. The molecule has 0 aromatic heterocycles. The highest BCUT2D eigenvalue weighted by molar-refractivity contribution is 7.89. The number of carbonyl (C=O) groups excluding carboxylic acids is 1. The van der Waals surface area contributed by atoms with Crippen molar-refractivity contribution in [1.82, 2.24) is 4.31 Å². The molecule has 0 fully saturated rings. The number of nitrogens with zero attached hydrogens (tertiary/aromatic N) is 1. The molecule has 0 saturated heterocycles. The Morgan fingerprint density at radius 3 is 2.10 bits per heavy atom. The third-order valence-corrected chi connectivity index (χ3v) is 14.3. The summed E-state index contributed by atoms with van der Waals surface area (Å²) in [4.78, 5) is 12.3. The van der Waals surface area contributed by atoms with Gasteiger partial charge in [-0.15, -0.1) is 6.58 Å². The van der Waals surface area contributed by atoms with Crippen molar-refractivity contribution in [3.8, 4) is 0 Å². The molecule has 1 atom stereocenters. The van der Waals surface area contributed by atoms with E-state index >= 15 is 0 Å². The maximum atomic E-state index is 13.2. The van der Waals surface area contributed by atoms with Gasteiger partial charge < -0.3 is 4.74 Å². The van der Waals surface area contributed by atoms with Crippen LogP contribution in [0.4, 0.5) is 0 Å². The number of sulfonamides is 1. The molecule has 0 radical (unpaired) electrons. The van der Waals surface area contributed by atoms with Crippen molar-refractivity contribution in [3.63, 3.8) is 0 Å². The van der Waals surface area contributed by atoms with E-state index in [1.807, 2.05) is 6.92 Å². The van der Waals surface area contributed by atoms with E-state index in [-0.39, 0.29) is 11.4 Å². The highest BCUT2D eigenvalue weighted by Gasteiger charge is 2.34. The van der Waals surface area contributed by atoms with E-state index in [4.69, 9.17) is 4.74 Å². The lowest BCUT2D eigenvalue weighted by atomic mass is 10.2. The van der Waals surface area contributed by atoms with Crippen LogP contribution in [0.5, 0.6) is 0 Å². The predicted octanol–water partition coefficient (Wildman–Crippen LogP) is 5.32. The molecule has 7 heteroatoms. The molecular weight excluding hydrogens is 414 g/mol. The number of hydrogen-bond donors (Lipinski definition) is 0. The number of hydrogen-bond acceptors (Lipinski definition) is 4. The minimum Gasteiger partial charge on any atom is -0.468 e. The Morgan fingerprint density at radius 2 is 1.63 bits per heavy atom. The van der Waals surface area contributed by atoms with Crippen molar-refractivity contribution >= 4 is 24.1 Å². The third-order valence-electron chi connectivity index (χ3n) is 6.49. The summed E-state index contributed by atoms with van der Waals surface area (Å²) in [6, 6.07) is 9.44. The third kappa shape index (κ3) is 6.28. The summed E-state index contributed by atoms with van der Waals surface area (Å²) in [7, 11) is -3.95. The molecular formula is C23H39NO4SSi. The van der Waals surface area contributed by atoms with E-state index in [1.54, 1.807) is 31.2 Å². The maximum absolute atomic E-state index is 13.2. The number of unbranched alkanes of at least 4 members (excludes halogenated alkanes) is 1. The molecule has 170 valence electrons. The Labute approximate surface area is 184 Å². The zero-order valence-electron chi connectivity index (χ0n) is 19.5. The van der Waals surface area contributed by atoms with E-state index in [0.29, 0.717) is 6.42 Å². The monoisotopic (exact) mass is 453 g/mol. The van der Waals surface area contributed by atoms with Gasteiger partial charge in [0.15, 0.2) is 0 Å². The van der Waals surface area contributed by atoms with Crippen LogP contribution in [-0.4, -0.2) is 46.5 Å². The zero-order chi connectivity index (χ0) is 22.9. The largest absolute Gasteiger partial charge is 0.468 e. The minimum absolute atomic E-state index is 0.197. The molecule has 0 amide bonds. The van der Waals surface area contributed by atoms with Crippen LogP contribution >= 0.6 is 0 Å². The van der Waals surface area contributed by atoms with E-state index in [0.717, 1.165) is 18.4 Å². The van der Waals surface area contributed by atoms with Crippen LogP contribution in [0, 0.1) is 6.92 Å². The summed E-state index contributed by atoms with van der Waals surface area (Å²) >= 11 is 0. The second-order valence-corrected chi connectivity index (χ2v) is 15.3. The summed E-state index contributed by atoms with van der Waals surface area (Å²) in [5, 5.41) is 1.38. The van der Waals surface area contributed by atoms with Gasteiger partial charge >= 0.3 is 5.97 Å². The number of aryl methyl sites for hydroxylation is 1. The van der Waals surface area contributed by atoms with Crippen LogP contribution in [0.3, 0.4) is 0 Å². The maximum Gasteiger partial charge on any atom is 0.323 e. The summed E-state index contributed by atoms with van der Waals surface area (Å²) in [5.74, 6) is -0.551. The first kappa shape index (κ1) is 26.6. The second-order valence-electron chi connectivity index (χ2n) is 8.03. The van der Waals surface area contributed by atoms with Crippen LogP contribution < -0.4 is 0 Å². The lowest BCUT2D eigenvalue weighted by Gasteiger charge is -2.31. The summed E-state index contributed by atoms with van der Waals surface area (Å²) < 4.78 is 32.6. The topological polar surface area (TPSA) is 63.7 Å². The molecule has 0 aliphatic heterocycles. The predicted molar refractivity (Wildman–Crippen MR) is 127 cm³/mol. The van der Waals surface area contributed by atoms with Crippen LogP contribution in [0.1, 0.15) is 52.5 Å². The van der Waals surface area contributed by atoms with Crippen LogP contribution in [0.2, 0.25) is 18.1 Å². The van der Waals surface area contributed by atoms with Crippen LogP contribution in [-0.2, 0) is 19.6 Å².